The first-order chi connectivity index (χ1) is 6.15. The highest BCUT2D eigenvalue weighted by Crippen LogP contribution is 2.12. The van der Waals surface area contributed by atoms with Crippen molar-refractivity contribution >= 4 is 11.6 Å². The molecular formula is C9H10FNO2. The fourth-order valence-electron chi connectivity index (χ4n) is 0.915. The molecule has 1 aromatic carbocycles. The summed E-state index contributed by atoms with van der Waals surface area (Å²) in [5.41, 5.74) is 0.556. The van der Waals surface area contributed by atoms with E-state index in [1.807, 2.05) is 0 Å². The fourth-order valence-corrected chi connectivity index (χ4v) is 0.915. The molecule has 0 aliphatic rings. The van der Waals surface area contributed by atoms with Crippen molar-refractivity contribution in [3.63, 3.8) is 0 Å². The smallest absolute Gasteiger partial charge is 0.252 e. The van der Waals surface area contributed by atoms with Gasteiger partial charge in [0.05, 0.1) is 0 Å². The van der Waals surface area contributed by atoms with Gasteiger partial charge in [-0.1, -0.05) is 0 Å². The molecule has 0 heterocycles. The predicted molar refractivity (Wildman–Crippen MR) is 46.9 cm³/mol. The van der Waals surface area contributed by atoms with Crippen molar-refractivity contribution in [1.29, 1.82) is 0 Å². The van der Waals surface area contributed by atoms with Gasteiger partial charge in [0.2, 0.25) is 0 Å². The SMILES string of the molecule is CN(C(=O)CO)c1ccc(F)cc1. The van der Waals surface area contributed by atoms with E-state index in [0.29, 0.717) is 5.69 Å². The number of amides is 1. The van der Waals surface area contributed by atoms with Crippen molar-refractivity contribution in [3.05, 3.63) is 30.1 Å². The van der Waals surface area contributed by atoms with Crippen molar-refractivity contribution in [2.45, 2.75) is 0 Å². The first-order valence-corrected chi connectivity index (χ1v) is 3.78. The number of aliphatic hydroxyl groups excluding tert-OH is 1. The van der Waals surface area contributed by atoms with Gasteiger partial charge in [-0.25, -0.2) is 4.39 Å². The summed E-state index contributed by atoms with van der Waals surface area (Å²) in [7, 11) is 1.52. The average molecular weight is 183 g/mol. The third-order valence-corrected chi connectivity index (χ3v) is 1.72. The third-order valence-electron chi connectivity index (χ3n) is 1.72. The number of halogens is 1. The molecule has 13 heavy (non-hydrogen) atoms. The summed E-state index contributed by atoms with van der Waals surface area (Å²) in [5, 5.41) is 8.56. The molecule has 0 fully saturated rings. The number of likely N-dealkylation sites (N-methyl/N-ethyl adjacent to an activating group) is 1. The second kappa shape index (κ2) is 4.00. The molecule has 70 valence electrons. The number of hydrogen-bond donors (Lipinski definition) is 1. The van der Waals surface area contributed by atoms with Crippen LogP contribution >= 0.6 is 0 Å². The Morgan fingerprint density at radius 3 is 2.46 bits per heavy atom. The van der Waals surface area contributed by atoms with Crippen LogP contribution in [0.3, 0.4) is 0 Å². The van der Waals surface area contributed by atoms with Gasteiger partial charge in [0.1, 0.15) is 12.4 Å². The van der Waals surface area contributed by atoms with E-state index in [4.69, 9.17) is 5.11 Å². The lowest BCUT2D eigenvalue weighted by molar-refractivity contribution is -0.120. The number of anilines is 1. The monoisotopic (exact) mass is 183 g/mol. The highest BCUT2D eigenvalue weighted by atomic mass is 19.1. The molecule has 0 spiro atoms. The minimum absolute atomic E-state index is 0.353. The third kappa shape index (κ3) is 2.26. The first-order valence-electron chi connectivity index (χ1n) is 3.78. The molecule has 3 nitrogen and oxygen atoms in total. The van der Waals surface area contributed by atoms with Gasteiger partial charge in [0.25, 0.3) is 5.91 Å². The average Bonchev–Trinajstić information content (AvgIpc) is 2.17. The molecule has 0 radical (unpaired) electrons. The predicted octanol–water partition coefficient (Wildman–Crippen LogP) is 0.781. The summed E-state index contributed by atoms with van der Waals surface area (Å²) in [6.45, 7) is -0.548. The van der Waals surface area contributed by atoms with Gasteiger partial charge in [0.15, 0.2) is 0 Å². The van der Waals surface area contributed by atoms with Crippen LogP contribution in [0.15, 0.2) is 24.3 Å². The van der Waals surface area contributed by atoms with E-state index >= 15 is 0 Å². The van der Waals surface area contributed by atoms with Crippen LogP contribution in [0, 0.1) is 5.82 Å². The fraction of sp³-hybridized carbons (Fsp3) is 0.222. The largest absolute Gasteiger partial charge is 0.387 e. The van der Waals surface area contributed by atoms with Crippen LogP contribution in [0.4, 0.5) is 10.1 Å². The number of hydrogen-bond acceptors (Lipinski definition) is 2. The number of nitrogens with zero attached hydrogens (tertiary/aromatic N) is 1. The molecular weight excluding hydrogens is 173 g/mol. The van der Waals surface area contributed by atoms with Crippen LogP contribution in [0.25, 0.3) is 0 Å². The highest BCUT2D eigenvalue weighted by Gasteiger charge is 2.08. The summed E-state index contributed by atoms with van der Waals surface area (Å²) >= 11 is 0. The van der Waals surface area contributed by atoms with E-state index < -0.39 is 12.5 Å². The van der Waals surface area contributed by atoms with Gasteiger partial charge in [-0.2, -0.15) is 0 Å². The van der Waals surface area contributed by atoms with Crippen molar-refractivity contribution in [1.82, 2.24) is 0 Å². The Kier molecular flexibility index (Phi) is 2.97. The maximum absolute atomic E-state index is 12.5. The molecule has 0 bridgehead atoms. The van der Waals surface area contributed by atoms with E-state index in [-0.39, 0.29) is 5.82 Å². The Labute approximate surface area is 75.4 Å². The first kappa shape index (κ1) is 9.67. The Morgan fingerprint density at radius 1 is 1.46 bits per heavy atom. The Bertz CT molecular complexity index is 297. The summed E-state index contributed by atoms with van der Waals surface area (Å²) < 4.78 is 12.5. The van der Waals surface area contributed by atoms with Crippen LogP contribution < -0.4 is 4.90 Å². The summed E-state index contributed by atoms with van der Waals surface area (Å²) in [6.07, 6.45) is 0. The highest BCUT2D eigenvalue weighted by molar-refractivity contribution is 5.93. The maximum atomic E-state index is 12.5. The molecule has 1 N–H and O–H groups in total. The molecule has 1 aromatic rings. The summed E-state index contributed by atoms with van der Waals surface area (Å²) in [6, 6.07) is 5.47. The zero-order valence-corrected chi connectivity index (χ0v) is 7.20. The van der Waals surface area contributed by atoms with Gasteiger partial charge in [-0.3, -0.25) is 4.79 Å². The van der Waals surface area contributed by atoms with Gasteiger partial charge in [0, 0.05) is 12.7 Å². The van der Waals surface area contributed by atoms with Crippen LogP contribution in [-0.4, -0.2) is 24.7 Å². The minimum atomic E-state index is -0.548. The minimum Gasteiger partial charge on any atom is -0.387 e. The molecule has 1 amide bonds. The molecule has 0 saturated carbocycles. The zero-order valence-electron chi connectivity index (χ0n) is 7.20. The van der Waals surface area contributed by atoms with Gasteiger partial charge >= 0.3 is 0 Å². The van der Waals surface area contributed by atoms with E-state index in [1.165, 1.54) is 36.2 Å². The molecule has 0 saturated heterocycles. The second-order valence-corrected chi connectivity index (χ2v) is 2.59. The molecule has 0 unspecified atom stereocenters. The van der Waals surface area contributed by atoms with Gasteiger partial charge < -0.3 is 10.0 Å². The zero-order chi connectivity index (χ0) is 9.84. The number of benzene rings is 1. The van der Waals surface area contributed by atoms with E-state index in [2.05, 4.69) is 0 Å². The Balaban J connectivity index is 2.83. The lowest BCUT2D eigenvalue weighted by Gasteiger charge is -2.15. The lowest BCUT2D eigenvalue weighted by Crippen LogP contribution is -2.28. The van der Waals surface area contributed by atoms with E-state index in [1.54, 1.807) is 0 Å². The van der Waals surface area contributed by atoms with Gasteiger partial charge in [-0.15, -0.1) is 0 Å². The van der Waals surface area contributed by atoms with Crippen LogP contribution in [0.5, 0.6) is 0 Å². The lowest BCUT2D eigenvalue weighted by atomic mass is 10.3. The van der Waals surface area contributed by atoms with Crippen molar-refractivity contribution < 1.29 is 14.3 Å². The summed E-state index contributed by atoms with van der Waals surface area (Å²) in [5.74, 6) is -0.778. The summed E-state index contributed by atoms with van der Waals surface area (Å²) in [4.78, 5) is 12.2. The molecule has 1 rings (SSSR count). The molecule has 0 aliphatic heterocycles. The number of carbonyl (C=O) groups excluding carboxylic acids is 1. The van der Waals surface area contributed by atoms with Crippen molar-refractivity contribution in [2.24, 2.45) is 0 Å². The normalized spacial score (nSPS) is 9.77. The standard InChI is InChI=1S/C9H10FNO2/c1-11(9(13)6-12)8-4-2-7(10)3-5-8/h2-5,12H,6H2,1H3. The molecule has 0 aromatic heterocycles. The van der Waals surface area contributed by atoms with Crippen molar-refractivity contribution in [2.75, 3.05) is 18.6 Å². The van der Waals surface area contributed by atoms with Gasteiger partial charge in [-0.05, 0) is 24.3 Å². The van der Waals surface area contributed by atoms with E-state index in [9.17, 15) is 9.18 Å². The van der Waals surface area contributed by atoms with E-state index in [0.717, 1.165) is 0 Å². The second-order valence-electron chi connectivity index (χ2n) is 2.59. The molecule has 4 heteroatoms. The maximum Gasteiger partial charge on any atom is 0.252 e. The number of rotatable bonds is 2. The van der Waals surface area contributed by atoms with Crippen LogP contribution in [-0.2, 0) is 4.79 Å². The molecule has 0 aliphatic carbocycles. The Morgan fingerprint density at radius 2 is 2.00 bits per heavy atom. The quantitative estimate of drug-likeness (QED) is 0.736. The topological polar surface area (TPSA) is 40.5 Å². The van der Waals surface area contributed by atoms with Crippen molar-refractivity contribution in [3.8, 4) is 0 Å². The van der Waals surface area contributed by atoms with Crippen LogP contribution in [0.1, 0.15) is 0 Å². The number of aliphatic hydroxyl groups is 1. The van der Waals surface area contributed by atoms with Crippen LogP contribution in [0.2, 0.25) is 0 Å². The Hall–Kier alpha value is -1.42. The number of carbonyl (C=O) groups is 1. The molecule has 0 atom stereocenters.